The lowest BCUT2D eigenvalue weighted by Crippen LogP contribution is -2.26. The number of aliphatic hydroxyl groups is 2. The molecule has 4 unspecified atom stereocenters. The maximum atomic E-state index is 9.61. The van der Waals surface area contributed by atoms with Gasteiger partial charge in [-0.3, -0.25) is 0 Å². The molecule has 10 heteroatoms. The van der Waals surface area contributed by atoms with Crippen LogP contribution in [0.1, 0.15) is 29.7 Å². The van der Waals surface area contributed by atoms with Crippen molar-refractivity contribution in [1.29, 1.82) is 0 Å². The molecule has 0 saturated carbocycles. The van der Waals surface area contributed by atoms with E-state index in [9.17, 15) is 10.2 Å². The van der Waals surface area contributed by atoms with E-state index in [1.807, 2.05) is 0 Å². The lowest BCUT2D eigenvalue weighted by molar-refractivity contribution is -0.133. The minimum Gasteiger partial charge on any atom is -0.388 e. The highest BCUT2D eigenvalue weighted by Crippen LogP contribution is 2.08. The third-order valence-electron chi connectivity index (χ3n) is 3.15. The third kappa shape index (κ3) is 20.6. The second kappa shape index (κ2) is 20.9. The molecule has 2 aliphatic rings. The maximum absolute atomic E-state index is 9.61. The van der Waals surface area contributed by atoms with Gasteiger partial charge in [0.15, 0.2) is 0 Å². The average molecular weight is 433 g/mol. The van der Waals surface area contributed by atoms with Crippen molar-refractivity contribution in [2.75, 3.05) is 73.2 Å². The molecule has 2 rings (SSSR count). The summed E-state index contributed by atoms with van der Waals surface area (Å²) >= 11 is 0. The summed E-state index contributed by atoms with van der Waals surface area (Å²) in [4.78, 5) is 0. The summed E-state index contributed by atoms with van der Waals surface area (Å²) in [6.07, 6.45) is -1.16. The Bertz CT molecular complexity index is 296. The van der Waals surface area contributed by atoms with Crippen molar-refractivity contribution in [2.24, 2.45) is 0 Å². The van der Waals surface area contributed by atoms with Crippen LogP contribution < -0.4 is 0 Å². The zero-order valence-electron chi connectivity index (χ0n) is 14.2. The molecular formula is C19H44O10. The van der Waals surface area contributed by atoms with E-state index >= 15 is 0 Å². The van der Waals surface area contributed by atoms with E-state index in [1.165, 1.54) is 0 Å². The molecule has 2 fully saturated rings. The SMILES string of the molecule is C.C.C.C.OC(COCOCC(O)COCOCC1CO1)COCOCC1CO1. The van der Waals surface area contributed by atoms with Gasteiger partial charge >= 0.3 is 0 Å². The summed E-state index contributed by atoms with van der Waals surface area (Å²) < 4.78 is 40.8. The molecule has 0 aliphatic carbocycles. The Hall–Kier alpha value is -0.400. The number of ether oxygens (including phenoxy) is 8. The minimum atomic E-state index is -0.773. The quantitative estimate of drug-likeness (QED) is 0.184. The Balaban J connectivity index is -0.00000169. The molecular weight excluding hydrogens is 388 g/mol. The van der Waals surface area contributed by atoms with E-state index in [-0.39, 0.29) is 88.7 Å². The van der Waals surface area contributed by atoms with E-state index in [4.69, 9.17) is 37.9 Å². The van der Waals surface area contributed by atoms with Gasteiger partial charge in [0.25, 0.3) is 0 Å². The molecule has 4 atom stereocenters. The highest BCUT2D eigenvalue weighted by Gasteiger charge is 2.22. The maximum Gasteiger partial charge on any atom is 0.146 e. The molecule has 0 aromatic carbocycles. The first-order valence-electron chi connectivity index (χ1n) is 8.30. The standard InChI is InChI=1S/C15H28O10.4CH4/c16-12(3-20-10-22-5-14-7-24-14)1-18-9-19-2-13(17)4-21-11-23-6-15-8-25-15;;;;/h12-17H,1-11H2;4*1H4. The molecule has 0 radical (unpaired) electrons. The molecule has 10 nitrogen and oxygen atoms in total. The van der Waals surface area contributed by atoms with Gasteiger partial charge in [0.1, 0.15) is 44.8 Å². The van der Waals surface area contributed by atoms with Gasteiger partial charge in [0, 0.05) is 0 Å². The van der Waals surface area contributed by atoms with Crippen molar-refractivity contribution in [1.82, 2.24) is 0 Å². The number of hydrogen-bond acceptors (Lipinski definition) is 10. The summed E-state index contributed by atoms with van der Waals surface area (Å²) in [6, 6.07) is 0. The van der Waals surface area contributed by atoms with Gasteiger partial charge in [-0.05, 0) is 0 Å². The van der Waals surface area contributed by atoms with E-state index in [0.717, 1.165) is 13.2 Å². The number of rotatable bonds is 18. The van der Waals surface area contributed by atoms with Gasteiger partial charge < -0.3 is 48.1 Å². The Morgan fingerprint density at radius 2 is 0.862 bits per heavy atom. The van der Waals surface area contributed by atoms with Crippen LogP contribution in [-0.2, 0) is 37.9 Å². The van der Waals surface area contributed by atoms with E-state index in [2.05, 4.69) is 0 Å². The average Bonchev–Trinajstić information content (AvgIpc) is 3.48. The Morgan fingerprint density at radius 1 is 0.586 bits per heavy atom. The predicted octanol–water partition coefficient (Wildman–Crippen LogP) is 1.02. The Kier molecular flexibility index (Phi) is 23.9. The predicted molar refractivity (Wildman–Crippen MR) is 109 cm³/mol. The first-order valence-corrected chi connectivity index (χ1v) is 8.30. The molecule has 2 saturated heterocycles. The fraction of sp³-hybridized carbons (Fsp3) is 1.00. The lowest BCUT2D eigenvalue weighted by Gasteiger charge is -2.14. The Morgan fingerprint density at radius 3 is 1.14 bits per heavy atom. The zero-order valence-corrected chi connectivity index (χ0v) is 14.2. The van der Waals surface area contributed by atoms with Gasteiger partial charge in [-0.25, -0.2) is 0 Å². The van der Waals surface area contributed by atoms with Crippen molar-refractivity contribution in [3.05, 3.63) is 0 Å². The molecule has 180 valence electrons. The molecule has 2 heterocycles. The second-order valence-electron chi connectivity index (χ2n) is 5.80. The summed E-state index contributed by atoms with van der Waals surface area (Å²) in [6.45, 7) is 3.00. The van der Waals surface area contributed by atoms with Crippen LogP contribution in [0, 0.1) is 0 Å². The first kappa shape index (κ1) is 33.2. The van der Waals surface area contributed by atoms with Crippen LogP contribution in [0.15, 0.2) is 0 Å². The van der Waals surface area contributed by atoms with Gasteiger partial charge in [-0.2, -0.15) is 0 Å². The molecule has 0 spiro atoms. The summed E-state index contributed by atoms with van der Waals surface area (Å²) in [5.74, 6) is 0. The highest BCUT2D eigenvalue weighted by molar-refractivity contribution is 4.67. The highest BCUT2D eigenvalue weighted by atomic mass is 16.7. The van der Waals surface area contributed by atoms with Crippen molar-refractivity contribution in [2.45, 2.75) is 54.1 Å². The number of hydrogen-bond donors (Lipinski definition) is 2. The third-order valence-corrected chi connectivity index (χ3v) is 3.15. The first-order chi connectivity index (χ1) is 12.2. The van der Waals surface area contributed by atoms with E-state index < -0.39 is 12.2 Å². The van der Waals surface area contributed by atoms with Crippen molar-refractivity contribution < 1.29 is 48.1 Å². The minimum absolute atomic E-state index is 0. The smallest absolute Gasteiger partial charge is 0.146 e. The fourth-order valence-corrected chi connectivity index (χ4v) is 1.70. The molecule has 2 N–H and O–H groups in total. The normalized spacial score (nSPS) is 20.9. The Labute approximate surface area is 176 Å². The monoisotopic (exact) mass is 432 g/mol. The summed E-state index contributed by atoms with van der Waals surface area (Å²) in [7, 11) is 0. The van der Waals surface area contributed by atoms with Crippen molar-refractivity contribution in [3.8, 4) is 0 Å². The van der Waals surface area contributed by atoms with E-state index in [0.29, 0.717) is 13.2 Å². The lowest BCUT2D eigenvalue weighted by atomic mass is 10.4. The van der Waals surface area contributed by atoms with Crippen LogP contribution in [0.3, 0.4) is 0 Å². The van der Waals surface area contributed by atoms with Gasteiger partial charge in [0.05, 0.1) is 52.9 Å². The molecule has 29 heavy (non-hydrogen) atoms. The van der Waals surface area contributed by atoms with Gasteiger partial charge in [0.2, 0.25) is 0 Å². The van der Waals surface area contributed by atoms with Crippen molar-refractivity contribution in [3.63, 3.8) is 0 Å². The number of aliphatic hydroxyl groups excluding tert-OH is 2. The molecule has 0 aromatic rings. The van der Waals surface area contributed by atoms with Crippen molar-refractivity contribution >= 4 is 0 Å². The largest absolute Gasteiger partial charge is 0.388 e. The molecule has 0 bridgehead atoms. The van der Waals surface area contributed by atoms with E-state index in [1.54, 1.807) is 0 Å². The van der Waals surface area contributed by atoms with Crippen LogP contribution in [-0.4, -0.2) is 108 Å². The fourth-order valence-electron chi connectivity index (χ4n) is 1.70. The topological polar surface area (TPSA) is 121 Å². The van der Waals surface area contributed by atoms with Crippen LogP contribution >= 0.6 is 0 Å². The number of epoxide rings is 2. The van der Waals surface area contributed by atoms with Crippen LogP contribution in [0.4, 0.5) is 0 Å². The molecule has 0 aromatic heterocycles. The van der Waals surface area contributed by atoms with Gasteiger partial charge in [-0.1, -0.05) is 29.7 Å². The van der Waals surface area contributed by atoms with Crippen LogP contribution in [0.2, 0.25) is 0 Å². The summed E-state index contributed by atoms with van der Waals surface area (Å²) in [5, 5.41) is 19.2. The van der Waals surface area contributed by atoms with Crippen LogP contribution in [0.25, 0.3) is 0 Å². The molecule has 0 amide bonds. The summed E-state index contributed by atoms with van der Waals surface area (Å²) in [5.41, 5.74) is 0. The second-order valence-corrected chi connectivity index (χ2v) is 5.80. The van der Waals surface area contributed by atoms with Gasteiger partial charge in [-0.15, -0.1) is 0 Å². The molecule has 2 aliphatic heterocycles. The zero-order chi connectivity index (χ0) is 17.7. The van der Waals surface area contributed by atoms with Crippen LogP contribution in [0.5, 0.6) is 0 Å².